The molecule has 0 aliphatic carbocycles. The Bertz CT molecular complexity index is 540. The van der Waals surface area contributed by atoms with E-state index in [1.807, 2.05) is 12.1 Å². The largest absolute Gasteiger partial charge is 0.384 e. The number of anilines is 1. The third-order valence-electron chi connectivity index (χ3n) is 4.94. The molecule has 3 N–H and O–H groups in total. The molecule has 0 aromatic heterocycles. The lowest BCUT2D eigenvalue weighted by molar-refractivity contribution is 0.115. The Morgan fingerprint density at radius 3 is 2.86 bits per heavy atom. The molecule has 3 rings (SSSR count). The quantitative estimate of drug-likeness (QED) is 0.648. The summed E-state index contributed by atoms with van der Waals surface area (Å²) in [5, 5.41) is 7.85. The predicted molar refractivity (Wildman–Crippen MR) is 88.2 cm³/mol. The molecule has 114 valence electrons. The first-order valence-electron chi connectivity index (χ1n) is 8.02. The molecule has 21 heavy (non-hydrogen) atoms. The molecule has 2 heterocycles. The lowest BCUT2D eigenvalue weighted by atomic mass is 9.95. The molecule has 2 fully saturated rings. The topological polar surface area (TPSA) is 56.4 Å². The van der Waals surface area contributed by atoms with E-state index >= 15 is 0 Å². The van der Waals surface area contributed by atoms with E-state index in [4.69, 9.17) is 11.1 Å². The van der Waals surface area contributed by atoms with Crippen molar-refractivity contribution in [3.63, 3.8) is 0 Å². The number of aryl methyl sites for hydroxylation is 1. The number of nitrogen functional groups attached to an aromatic ring is 1. The van der Waals surface area contributed by atoms with E-state index in [9.17, 15) is 0 Å². The van der Waals surface area contributed by atoms with E-state index in [0.717, 1.165) is 24.3 Å². The van der Waals surface area contributed by atoms with Crippen LogP contribution in [0.25, 0.3) is 0 Å². The molecule has 1 aromatic rings. The fourth-order valence-corrected chi connectivity index (χ4v) is 3.79. The number of nitrogens with two attached hydrogens (primary N) is 1. The number of amidine groups is 1. The Morgan fingerprint density at radius 2 is 2.10 bits per heavy atom. The van der Waals surface area contributed by atoms with Crippen LogP contribution in [-0.2, 0) is 0 Å². The van der Waals surface area contributed by atoms with Crippen LogP contribution in [0.1, 0.15) is 37.3 Å². The van der Waals surface area contributed by atoms with Gasteiger partial charge in [0, 0.05) is 36.4 Å². The molecular weight excluding hydrogens is 260 g/mol. The van der Waals surface area contributed by atoms with Gasteiger partial charge in [0.15, 0.2) is 0 Å². The second-order valence-corrected chi connectivity index (χ2v) is 6.58. The number of hydrogen-bond donors (Lipinski definition) is 2. The van der Waals surface area contributed by atoms with Crippen molar-refractivity contribution < 1.29 is 0 Å². The molecule has 0 spiro atoms. The summed E-state index contributed by atoms with van der Waals surface area (Å²) in [6.45, 7) is 7.82. The van der Waals surface area contributed by atoms with Crippen LogP contribution in [0.4, 0.5) is 5.69 Å². The summed E-state index contributed by atoms with van der Waals surface area (Å²) >= 11 is 0. The van der Waals surface area contributed by atoms with Gasteiger partial charge in [-0.05, 0) is 50.9 Å². The van der Waals surface area contributed by atoms with Crippen LogP contribution in [0.15, 0.2) is 18.2 Å². The normalized spacial score (nSPS) is 26.5. The Morgan fingerprint density at radius 1 is 1.29 bits per heavy atom. The third-order valence-corrected chi connectivity index (χ3v) is 4.94. The lowest BCUT2D eigenvalue weighted by Gasteiger charge is -2.49. The molecular formula is C17H26N4. The minimum Gasteiger partial charge on any atom is -0.384 e. The molecule has 4 nitrogen and oxygen atoms in total. The van der Waals surface area contributed by atoms with Gasteiger partial charge in [-0.1, -0.05) is 12.5 Å². The highest BCUT2D eigenvalue weighted by atomic mass is 15.3. The molecule has 2 unspecified atom stereocenters. The van der Waals surface area contributed by atoms with E-state index in [1.54, 1.807) is 0 Å². The van der Waals surface area contributed by atoms with E-state index < -0.39 is 0 Å². The van der Waals surface area contributed by atoms with E-state index in [-0.39, 0.29) is 5.84 Å². The monoisotopic (exact) mass is 286 g/mol. The first kappa shape index (κ1) is 14.4. The van der Waals surface area contributed by atoms with Crippen molar-refractivity contribution in [1.29, 1.82) is 5.41 Å². The van der Waals surface area contributed by atoms with Crippen LogP contribution in [0.3, 0.4) is 0 Å². The van der Waals surface area contributed by atoms with Gasteiger partial charge in [0.05, 0.1) is 0 Å². The third kappa shape index (κ3) is 2.77. The summed E-state index contributed by atoms with van der Waals surface area (Å²) in [4.78, 5) is 5.12. The fourth-order valence-electron chi connectivity index (χ4n) is 3.79. The van der Waals surface area contributed by atoms with Crippen molar-refractivity contribution in [2.75, 3.05) is 24.5 Å². The summed E-state index contributed by atoms with van der Waals surface area (Å²) in [7, 11) is 0. The second-order valence-electron chi connectivity index (χ2n) is 6.58. The van der Waals surface area contributed by atoms with Crippen molar-refractivity contribution in [2.24, 2.45) is 5.73 Å². The maximum atomic E-state index is 7.85. The van der Waals surface area contributed by atoms with Gasteiger partial charge in [-0.15, -0.1) is 0 Å². The van der Waals surface area contributed by atoms with Crippen LogP contribution in [-0.4, -0.2) is 42.5 Å². The molecule has 2 aliphatic rings. The minimum atomic E-state index is 0.170. The summed E-state index contributed by atoms with van der Waals surface area (Å²) in [6, 6.07) is 7.36. The van der Waals surface area contributed by atoms with Gasteiger partial charge in [-0.2, -0.15) is 0 Å². The van der Waals surface area contributed by atoms with Crippen molar-refractivity contribution in [3.8, 4) is 0 Å². The maximum absolute atomic E-state index is 7.85. The van der Waals surface area contributed by atoms with E-state index in [2.05, 4.69) is 29.7 Å². The number of hydrogen-bond acceptors (Lipinski definition) is 3. The van der Waals surface area contributed by atoms with Gasteiger partial charge in [-0.25, -0.2) is 0 Å². The van der Waals surface area contributed by atoms with Crippen molar-refractivity contribution in [3.05, 3.63) is 29.3 Å². The predicted octanol–water partition coefficient (Wildman–Crippen LogP) is 2.34. The van der Waals surface area contributed by atoms with Crippen LogP contribution < -0.4 is 10.6 Å². The zero-order valence-electron chi connectivity index (χ0n) is 13.1. The molecule has 0 saturated carbocycles. The van der Waals surface area contributed by atoms with Crippen LogP contribution in [0, 0.1) is 12.3 Å². The summed E-state index contributed by atoms with van der Waals surface area (Å²) in [5.74, 6) is 0.170. The number of nitrogens with zero attached hydrogens (tertiary/aromatic N) is 2. The number of piperazine rings is 1. The highest BCUT2D eigenvalue weighted by molar-refractivity contribution is 6.00. The zero-order valence-corrected chi connectivity index (χ0v) is 13.1. The molecule has 0 amide bonds. The Kier molecular flexibility index (Phi) is 3.89. The lowest BCUT2D eigenvalue weighted by Crippen LogP contribution is -2.59. The summed E-state index contributed by atoms with van der Waals surface area (Å²) in [6.07, 6.45) is 3.98. The van der Waals surface area contributed by atoms with Gasteiger partial charge < -0.3 is 10.6 Å². The van der Waals surface area contributed by atoms with Gasteiger partial charge in [0.2, 0.25) is 0 Å². The van der Waals surface area contributed by atoms with Gasteiger partial charge in [-0.3, -0.25) is 10.3 Å². The highest BCUT2D eigenvalue weighted by Crippen LogP contribution is 2.30. The Balaban J connectivity index is 1.92. The van der Waals surface area contributed by atoms with Gasteiger partial charge in [0.25, 0.3) is 0 Å². The molecule has 2 aliphatic heterocycles. The number of fused-ring (bicyclic) bond motifs is 1. The number of rotatable bonds is 2. The van der Waals surface area contributed by atoms with Gasteiger partial charge >= 0.3 is 0 Å². The molecule has 1 aromatic carbocycles. The van der Waals surface area contributed by atoms with Crippen LogP contribution in [0.5, 0.6) is 0 Å². The average Bonchev–Trinajstić information content (AvgIpc) is 2.46. The number of benzene rings is 1. The SMILES string of the molecule is Cc1ccc(C(=N)N)c(N2CC3CCCCN3CC2C)c1. The van der Waals surface area contributed by atoms with Crippen LogP contribution in [0.2, 0.25) is 0 Å². The van der Waals surface area contributed by atoms with Crippen molar-refractivity contribution >= 4 is 11.5 Å². The fraction of sp³-hybridized carbons (Fsp3) is 0.588. The van der Waals surface area contributed by atoms with Crippen molar-refractivity contribution in [1.82, 2.24) is 4.90 Å². The zero-order chi connectivity index (χ0) is 15.0. The van der Waals surface area contributed by atoms with Gasteiger partial charge in [0.1, 0.15) is 5.84 Å². The van der Waals surface area contributed by atoms with Crippen LogP contribution >= 0.6 is 0 Å². The maximum Gasteiger partial charge on any atom is 0.124 e. The molecule has 0 radical (unpaired) electrons. The number of piperidine rings is 1. The highest BCUT2D eigenvalue weighted by Gasteiger charge is 2.33. The van der Waals surface area contributed by atoms with Crippen molar-refractivity contribution in [2.45, 2.75) is 45.2 Å². The van der Waals surface area contributed by atoms with E-state index in [0.29, 0.717) is 12.1 Å². The summed E-state index contributed by atoms with van der Waals surface area (Å²) in [5.41, 5.74) is 9.04. The number of nitrogens with one attached hydrogen (secondary N) is 1. The molecule has 0 bridgehead atoms. The molecule has 2 saturated heterocycles. The first-order chi connectivity index (χ1) is 10.1. The summed E-state index contributed by atoms with van der Waals surface area (Å²) < 4.78 is 0. The van der Waals surface area contributed by atoms with E-state index in [1.165, 1.54) is 31.4 Å². The standard InChI is InChI=1S/C17H26N4/c1-12-6-7-15(17(18)19)16(9-12)21-11-14-5-3-4-8-20(14)10-13(21)2/h6-7,9,13-14H,3-5,8,10-11H2,1-2H3,(H3,18,19). The second kappa shape index (κ2) is 5.68. The minimum absolute atomic E-state index is 0.170. The smallest absolute Gasteiger partial charge is 0.124 e. The Hall–Kier alpha value is -1.55. The molecule has 4 heteroatoms. The first-order valence-corrected chi connectivity index (χ1v) is 8.02. The molecule has 2 atom stereocenters. The average molecular weight is 286 g/mol. The Labute approximate surface area is 127 Å².